The van der Waals surface area contributed by atoms with Crippen LogP contribution in [0.2, 0.25) is 0 Å². The van der Waals surface area contributed by atoms with E-state index in [0.717, 1.165) is 24.0 Å². The van der Waals surface area contributed by atoms with Crippen LogP contribution in [0.25, 0.3) is 0 Å². The first-order valence-electron chi connectivity index (χ1n) is 8.90. The van der Waals surface area contributed by atoms with Gasteiger partial charge < -0.3 is 5.11 Å². The first-order valence-corrected chi connectivity index (χ1v) is 8.90. The van der Waals surface area contributed by atoms with Crippen LogP contribution in [0.15, 0.2) is 60.7 Å². The molecule has 2 atom stereocenters. The fraction of sp³-hybridized carbons (Fsp3) is 0.429. The van der Waals surface area contributed by atoms with Crippen molar-refractivity contribution in [3.8, 4) is 0 Å². The largest absolute Gasteiger partial charge is 0.386 e. The number of rotatable bonds is 10. The molecule has 25 heavy (non-hydrogen) atoms. The highest BCUT2D eigenvalue weighted by Crippen LogP contribution is 2.22. The Hall–Kier alpha value is -1.78. The van der Waals surface area contributed by atoms with Gasteiger partial charge in [-0.15, -0.1) is 0 Å². The second-order valence-corrected chi connectivity index (χ2v) is 6.41. The highest BCUT2D eigenvalue weighted by atomic mass is 19.3. The molecule has 0 amide bonds. The van der Waals surface area contributed by atoms with Crippen LogP contribution in [-0.2, 0) is 13.1 Å². The van der Waals surface area contributed by atoms with Gasteiger partial charge in [0.2, 0.25) is 0 Å². The summed E-state index contributed by atoms with van der Waals surface area (Å²) < 4.78 is 26.5. The van der Waals surface area contributed by atoms with Gasteiger partial charge in [-0.25, -0.2) is 8.78 Å². The zero-order valence-electron chi connectivity index (χ0n) is 14.7. The van der Waals surface area contributed by atoms with Gasteiger partial charge in [0.05, 0.1) is 0 Å². The third-order valence-corrected chi connectivity index (χ3v) is 4.43. The highest BCUT2D eigenvalue weighted by Gasteiger charge is 2.32. The summed E-state index contributed by atoms with van der Waals surface area (Å²) in [6.45, 7) is 3.10. The van der Waals surface area contributed by atoms with Crippen LogP contribution in [0.3, 0.4) is 0 Å². The Labute approximate surface area is 149 Å². The van der Waals surface area contributed by atoms with Crippen molar-refractivity contribution < 1.29 is 13.9 Å². The van der Waals surface area contributed by atoms with Gasteiger partial charge in [0.25, 0.3) is 6.43 Å². The number of aliphatic hydroxyl groups excluding tert-OH is 1. The minimum absolute atomic E-state index is 0.536. The fourth-order valence-corrected chi connectivity index (χ4v) is 3.08. The van der Waals surface area contributed by atoms with Crippen molar-refractivity contribution >= 4 is 0 Å². The van der Waals surface area contributed by atoms with Gasteiger partial charge in [-0.05, 0) is 17.5 Å². The minimum Gasteiger partial charge on any atom is -0.386 e. The molecule has 2 aromatic rings. The topological polar surface area (TPSA) is 23.5 Å². The lowest BCUT2D eigenvalue weighted by Crippen LogP contribution is -2.46. The summed E-state index contributed by atoms with van der Waals surface area (Å²) in [4.78, 5) is 1.98. The van der Waals surface area contributed by atoms with E-state index >= 15 is 0 Å². The number of benzene rings is 2. The van der Waals surface area contributed by atoms with Crippen molar-refractivity contribution in [1.29, 1.82) is 0 Å². The maximum absolute atomic E-state index is 13.3. The number of aliphatic hydroxyl groups is 1. The van der Waals surface area contributed by atoms with Gasteiger partial charge in [0, 0.05) is 19.1 Å². The van der Waals surface area contributed by atoms with Gasteiger partial charge in [-0.2, -0.15) is 0 Å². The Morgan fingerprint density at radius 2 is 1.36 bits per heavy atom. The van der Waals surface area contributed by atoms with Crippen molar-refractivity contribution in [1.82, 2.24) is 4.90 Å². The lowest BCUT2D eigenvalue weighted by molar-refractivity contribution is -0.0638. The van der Waals surface area contributed by atoms with Gasteiger partial charge in [0.1, 0.15) is 6.10 Å². The second-order valence-electron chi connectivity index (χ2n) is 6.41. The summed E-state index contributed by atoms with van der Waals surface area (Å²) in [6.07, 6.45) is -2.09. The van der Waals surface area contributed by atoms with Gasteiger partial charge in [0.15, 0.2) is 0 Å². The van der Waals surface area contributed by atoms with Gasteiger partial charge in [-0.1, -0.05) is 80.4 Å². The van der Waals surface area contributed by atoms with E-state index < -0.39 is 18.6 Å². The van der Waals surface area contributed by atoms with Crippen molar-refractivity contribution in [3.05, 3.63) is 71.8 Å². The predicted octanol–water partition coefficient (Wildman–Crippen LogP) is 4.87. The van der Waals surface area contributed by atoms with Crippen LogP contribution in [-0.4, -0.2) is 28.6 Å². The number of nitrogens with zero attached hydrogens (tertiary/aromatic N) is 1. The molecule has 0 aliphatic rings. The summed E-state index contributed by atoms with van der Waals surface area (Å²) >= 11 is 0. The van der Waals surface area contributed by atoms with Crippen molar-refractivity contribution in [2.24, 2.45) is 0 Å². The lowest BCUT2D eigenvalue weighted by Gasteiger charge is -2.35. The third kappa shape index (κ3) is 6.22. The Morgan fingerprint density at radius 3 is 1.76 bits per heavy atom. The number of halogens is 2. The average molecular weight is 347 g/mol. The number of unbranched alkanes of at least 4 members (excludes halogenated alkanes) is 1. The number of hydrogen-bond donors (Lipinski definition) is 1. The monoisotopic (exact) mass is 347 g/mol. The minimum atomic E-state index is -2.74. The van der Waals surface area contributed by atoms with E-state index in [-0.39, 0.29) is 0 Å². The summed E-state index contributed by atoms with van der Waals surface area (Å²) in [7, 11) is 0. The first kappa shape index (κ1) is 19.5. The standard InChI is InChI=1S/C21H27F2NO/c1-2-3-14-19(20(25)21(22)23)24(15-17-10-6-4-7-11-17)16-18-12-8-5-9-13-18/h4-13,19-21,25H,2-3,14-16H2,1H3/t19-,20?/m1/s1. The molecule has 0 spiro atoms. The van der Waals surface area contributed by atoms with E-state index in [2.05, 4.69) is 0 Å². The Balaban J connectivity index is 2.25. The maximum atomic E-state index is 13.3. The molecule has 0 heterocycles. The lowest BCUT2D eigenvalue weighted by atomic mass is 10.0. The van der Waals surface area contributed by atoms with Crippen LogP contribution < -0.4 is 0 Å². The average Bonchev–Trinajstić information content (AvgIpc) is 2.63. The summed E-state index contributed by atoms with van der Waals surface area (Å²) in [5.41, 5.74) is 2.11. The molecule has 1 unspecified atom stereocenters. The molecule has 0 saturated carbocycles. The van der Waals surface area contributed by atoms with E-state index in [0.29, 0.717) is 19.5 Å². The summed E-state index contributed by atoms with van der Waals surface area (Å²) in [5.74, 6) is 0. The molecule has 136 valence electrons. The van der Waals surface area contributed by atoms with E-state index in [9.17, 15) is 13.9 Å². The second kappa shape index (κ2) is 10.3. The molecule has 0 aliphatic carbocycles. The Kier molecular flexibility index (Phi) is 8.02. The molecule has 0 aliphatic heterocycles. The SMILES string of the molecule is CCCC[C@H](C(O)C(F)F)N(Cc1ccccc1)Cc1ccccc1. The molecular weight excluding hydrogens is 320 g/mol. The molecule has 0 radical (unpaired) electrons. The van der Waals surface area contributed by atoms with Crippen LogP contribution >= 0.6 is 0 Å². The van der Waals surface area contributed by atoms with Crippen molar-refractivity contribution in [3.63, 3.8) is 0 Å². The fourth-order valence-electron chi connectivity index (χ4n) is 3.08. The molecule has 2 nitrogen and oxygen atoms in total. The maximum Gasteiger partial charge on any atom is 0.265 e. The summed E-state index contributed by atoms with van der Waals surface area (Å²) in [6, 6.07) is 19.0. The van der Waals surface area contributed by atoms with E-state index in [1.165, 1.54) is 0 Å². The molecule has 0 fully saturated rings. The van der Waals surface area contributed by atoms with E-state index in [1.54, 1.807) is 0 Å². The van der Waals surface area contributed by atoms with E-state index in [4.69, 9.17) is 0 Å². The third-order valence-electron chi connectivity index (χ3n) is 4.43. The Morgan fingerprint density at radius 1 is 0.880 bits per heavy atom. The van der Waals surface area contributed by atoms with Crippen LogP contribution in [0.1, 0.15) is 37.3 Å². The number of alkyl halides is 2. The summed E-state index contributed by atoms with van der Waals surface area (Å²) in [5, 5.41) is 10.1. The Bertz CT molecular complexity index is 550. The highest BCUT2D eigenvalue weighted by molar-refractivity contribution is 5.17. The molecule has 2 aromatic carbocycles. The predicted molar refractivity (Wildman–Crippen MR) is 97.5 cm³/mol. The molecule has 0 aromatic heterocycles. The van der Waals surface area contributed by atoms with Crippen LogP contribution in [0, 0.1) is 0 Å². The normalized spacial score (nSPS) is 14.0. The molecule has 0 saturated heterocycles. The smallest absolute Gasteiger partial charge is 0.265 e. The van der Waals surface area contributed by atoms with Crippen LogP contribution in [0.4, 0.5) is 8.78 Å². The zero-order chi connectivity index (χ0) is 18.1. The van der Waals surface area contributed by atoms with Crippen LogP contribution in [0.5, 0.6) is 0 Å². The zero-order valence-corrected chi connectivity index (χ0v) is 14.7. The van der Waals surface area contributed by atoms with Gasteiger partial charge >= 0.3 is 0 Å². The number of hydrogen-bond acceptors (Lipinski definition) is 2. The first-order chi connectivity index (χ1) is 12.1. The van der Waals surface area contributed by atoms with Crippen molar-refractivity contribution in [2.45, 2.75) is 57.8 Å². The molecule has 4 heteroatoms. The molecular formula is C21H27F2NO. The van der Waals surface area contributed by atoms with E-state index in [1.807, 2.05) is 72.5 Å². The molecule has 2 rings (SSSR count). The molecule has 1 N–H and O–H groups in total. The van der Waals surface area contributed by atoms with Crippen molar-refractivity contribution in [2.75, 3.05) is 0 Å². The van der Waals surface area contributed by atoms with Gasteiger partial charge in [-0.3, -0.25) is 4.90 Å². The quantitative estimate of drug-likeness (QED) is 0.662. The molecule has 0 bridgehead atoms.